The highest BCUT2D eigenvalue weighted by Crippen LogP contribution is 2.31. The molecule has 0 radical (unpaired) electrons. The smallest absolute Gasteiger partial charge is 0.331 e. The molecule has 0 saturated carbocycles. The number of benzene rings is 1. The van der Waals surface area contributed by atoms with E-state index in [1.165, 1.54) is 23.5 Å². The van der Waals surface area contributed by atoms with E-state index in [1.807, 2.05) is 13.8 Å². The van der Waals surface area contributed by atoms with E-state index in [0.717, 1.165) is 23.7 Å². The molecule has 0 heterocycles. The van der Waals surface area contributed by atoms with E-state index < -0.39 is 21.8 Å². The minimum atomic E-state index is -0.841. The van der Waals surface area contributed by atoms with Crippen molar-refractivity contribution in [2.75, 3.05) is 24.7 Å². The van der Waals surface area contributed by atoms with E-state index >= 15 is 0 Å². The molecule has 0 amide bonds. The minimum Gasteiger partial charge on any atom is -0.488 e. The molecule has 8 heteroatoms. The van der Waals surface area contributed by atoms with Crippen LogP contribution in [0, 0.1) is 0 Å². The van der Waals surface area contributed by atoms with Gasteiger partial charge in [-0.2, -0.15) is 0 Å². The summed E-state index contributed by atoms with van der Waals surface area (Å²) in [6, 6.07) is 7.11. The average molecular weight is 455 g/mol. The number of carbonyl (C=O) groups is 2. The zero-order valence-electron chi connectivity index (χ0n) is 18.0. The van der Waals surface area contributed by atoms with E-state index in [-0.39, 0.29) is 13.2 Å². The second-order valence-electron chi connectivity index (χ2n) is 6.44. The van der Waals surface area contributed by atoms with Crippen molar-refractivity contribution in [1.29, 1.82) is 0 Å². The first-order chi connectivity index (χ1) is 14.2. The maximum atomic E-state index is 11.6. The lowest BCUT2D eigenvalue weighted by atomic mass is 10.3. The highest BCUT2D eigenvalue weighted by molar-refractivity contribution is 8.00. The maximum absolute atomic E-state index is 11.6. The number of hydrogen-bond donors (Lipinski definition) is 0. The van der Waals surface area contributed by atoms with Crippen LogP contribution in [0.1, 0.15) is 27.7 Å². The Kier molecular flexibility index (Phi) is 10.9. The van der Waals surface area contributed by atoms with Gasteiger partial charge in [-0.15, -0.1) is 23.5 Å². The zero-order chi connectivity index (χ0) is 22.6. The highest BCUT2D eigenvalue weighted by atomic mass is 32.2. The Labute approximate surface area is 187 Å². The molecule has 1 rings (SSSR count). The van der Waals surface area contributed by atoms with Crippen molar-refractivity contribution < 1.29 is 28.5 Å². The van der Waals surface area contributed by atoms with Crippen molar-refractivity contribution in [3.8, 4) is 11.5 Å². The Balaban J connectivity index is 2.79. The van der Waals surface area contributed by atoms with Gasteiger partial charge in [0.25, 0.3) is 0 Å². The van der Waals surface area contributed by atoms with Crippen molar-refractivity contribution in [2.45, 2.75) is 37.6 Å². The molecule has 2 atom stereocenters. The molecule has 30 heavy (non-hydrogen) atoms. The number of rotatable bonds is 14. The summed E-state index contributed by atoms with van der Waals surface area (Å²) in [7, 11) is 0. The molecule has 0 aliphatic carbocycles. The number of ether oxygens (including phenoxy) is 4. The van der Waals surface area contributed by atoms with Crippen molar-refractivity contribution in [3.05, 3.63) is 49.6 Å². The molecular weight excluding hydrogens is 424 g/mol. The fourth-order valence-corrected chi connectivity index (χ4v) is 4.19. The van der Waals surface area contributed by atoms with Gasteiger partial charge < -0.3 is 18.9 Å². The lowest BCUT2D eigenvalue weighted by Gasteiger charge is -2.28. The van der Waals surface area contributed by atoms with E-state index in [4.69, 9.17) is 18.9 Å². The van der Waals surface area contributed by atoms with Crippen LogP contribution in [0.2, 0.25) is 0 Å². The number of thioether (sulfide) groups is 2. The van der Waals surface area contributed by atoms with Crippen LogP contribution >= 0.6 is 23.5 Å². The van der Waals surface area contributed by atoms with Crippen molar-refractivity contribution in [3.63, 3.8) is 0 Å². The summed E-state index contributed by atoms with van der Waals surface area (Å²) in [4.78, 5) is 21.6. The van der Waals surface area contributed by atoms with Gasteiger partial charge in [0.15, 0.2) is 9.87 Å². The molecule has 0 saturated heterocycles. The molecule has 0 aromatic heterocycles. The summed E-state index contributed by atoms with van der Waals surface area (Å²) in [5.41, 5.74) is 0. The summed E-state index contributed by atoms with van der Waals surface area (Å²) in [5, 5.41) is 0. The van der Waals surface area contributed by atoms with Crippen LogP contribution in [0.3, 0.4) is 0 Å². The Hall–Kier alpha value is -2.06. The van der Waals surface area contributed by atoms with Gasteiger partial charge in [0.2, 0.25) is 0 Å². The maximum Gasteiger partial charge on any atom is 0.331 e. The molecule has 0 aliphatic heterocycles. The molecule has 0 aliphatic rings. The van der Waals surface area contributed by atoms with Crippen molar-refractivity contribution in [2.24, 2.45) is 0 Å². The Morgan fingerprint density at radius 3 is 1.63 bits per heavy atom. The summed E-state index contributed by atoms with van der Waals surface area (Å²) < 4.78 is 22.6. The van der Waals surface area contributed by atoms with Gasteiger partial charge in [-0.25, -0.2) is 9.59 Å². The lowest BCUT2D eigenvalue weighted by molar-refractivity contribution is -0.146. The number of hydrogen-bond acceptors (Lipinski definition) is 8. The van der Waals surface area contributed by atoms with Crippen LogP contribution in [-0.4, -0.2) is 46.5 Å². The van der Waals surface area contributed by atoms with Crippen LogP contribution in [-0.2, 0) is 19.1 Å². The molecule has 2 unspecified atom stereocenters. The molecule has 166 valence electrons. The zero-order valence-corrected chi connectivity index (χ0v) is 19.6. The number of carbonyl (C=O) groups excluding carboxylic acids is 2. The molecular formula is C22H30O6S2. The Bertz CT molecular complexity index is 681. The normalized spacial score (nSPS) is 14.5. The highest BCUT2D eigenvalue weighted by Gasteiger charge is 2.30. The molecule has 0 spiro atoms. The monoisotopic (exact) mass is 454 g/mol. The van der Waals surface area contributed by atoms with Gasteiger partial charge in [0.1, 0.15) is 24.7 Å². The molecule has 6 nitrogen and oxygen atoms in total. The number of esters is 2. The largest absolute Gasteiger partial charge is 0.488 e. The predicted octanol–water partition coefficient (Wildman–Crippen LogP) is 4.84. The lowest BCUT2D eigenvalue weighted by Crippen LogP contribution is -2.35. The van der Waals surface area contributed by atoms with E-state index in [0.29, 0.717) is 11.5 Å². The quantitative estimate of drug-likeness (QED) is 0.225. The standard InChI is InChI=1S/C22H30O6S2/c1-7-19(23)27-21(5,29-9-3)15-25-17-12-11-13-18(14-17)26-16-22(6,30-10-4)28-20(24)8-2/h7-8,11-14H,1-2,9-10,15-16H2,3-6H3. The first kappa shape index (κ1) is 26.0. The molecule has 0 N–H and O–H groups in total. The van der Waals surface area contributed by atoms with Crippen LogP contribution in [0.4, 0.5) is 0 Å². The van der Waals surface area contributed by atoms with Gasteiger partial charge >= 0.3 is 11.9 Å². The first-order valence-electron chi connectivity index (χ1n) is 9.53. The van der Waals surface area contributed by atoms with Gasteiger partial charge in [0, 0.05) is 18.2 Å². The fourth-order valence-electron chi connectivity index (χ4n) is 2.40. The van der Waals surface area contributed by atoms with Crippen molar-refractivity contribution in [1.82, 2.24) is 0 Å². The molecule has 1 aromatic rings. The predicted molar refractivity (Wildman–Crippen MR) is 123 cm³/mol. The van der Waals surface area contributed by atoms with Crippen LogP contribution in [0.15, 0.2) is 49.6 Å². The second kappa shape index (κ2) is 12.6. The van der Waals surface area contributed by atoms with Crippen LogP contribution < -0.4 is 9.47 Å². The third-order valence-electron chi connectivity index (χ3n) is 3.67. The van der Waals surface area contributed by atoms with Gasteiger partial charge in [-0.1, -0.05) is 33.1 Å². The minimum absolute atomic E-state index is 0.162. The van der Waals surface area contributed by atoms with E-state index in [2.05, 4.69) is 13.2 Å². The third kappa shape index (κ3) is 9.17. The molecule has 0 bridgehead atoms. The summed E-state index contributed by atoms with van der Waals surface area (Å²) >= 11 is 2.93. The van der Waals surface area contributed by atoms with Crippen molar-refractivity contribution >= 4 is 35.5 Å². The Morgan fingerprint density at radius 2 is 1.30 bits per heavy atom. The van der Waals surface area contributed by atoms with E-state index in [1.54, 1.807) is 38.1 Å². The topological polar surface area (TPSA) is 71.1 Å². The SMILES string of the molecule is C=CC(=O)OC(C)(COc1cccc(OCC(C)(OC(=O)C=C)SCC)c1)SCC. The van der Waals surface area contributed by atoms with Gasteiger partial charge in [-0.05, 0) is 37.5 Å². The van der Waals surface area contributed by atoms with Gasteiger partial charge in [0.05, 0.1) is 0 Å². The van der Waals surface area contributed by atoms with Crippen LogP contribution in [0.5, 0.6) is 11.5 Å². The average Bonchev–Trinajstić information content (AvgIpc) is 2.71. The summed E-state index contributed by atoms with van der Waals surface area (Å²) in [5.74, 6) is 1.65. The summed E-state index contributed by atoms with van der Waals surface area (Å²) in [6.45, 7) is 14.7. The summed E-state index contributed by atoms with van der Waals surface area (Å²) in [6.07, 6.45) is 2.26. The van der Waals surface area contributed by atoms with Crippen LogP contribution in [0.25, 0.3) is 0 Å². The third-order valence-corrected chi connectivity index (χ3v) is 5.87. The Morgan fingerprint density at radius 1 is 0.900 bits per heavy atom. The molecule has 0 fully saturated rings. The van der Waals surface area contributed by atoms with Gasteiger partial charge in [-0.3, -0.25) is 0 Å². The fraction of sp³-hybridized carbons (Fsp3) is 0.455. The van der Waals surface area contributed by atoms with E-state index in [9.17, 15) is 9.59 Å². The molecule has 1 aromatic carbocycles. The first-order valence-corrected chi connectivity index (χ1v) is 11.5. The second-order valence-corrected chi connectivity index (χ2v) is 9.90.